The van der Waals surface area contributed by atoms with Gasteiger partial charge in [0.2, 0.25) is 5.89 Å². The van der Waals surface area contributed by atoms with Gasteiger partial charge in [0.15, 0.2) is 0 Å². The summed E-state index contributed by atoms with van der Waals surface area (Å²) in [5.74, 6) is 0.969. The largest absolute Gasteiger partial charge is 0.419 e. The van der Waals surface area contributed by atoms with Gasteiger partial charge >= 0.3 is 0 Å². The fourth-order valence-corrected chi connectivity index (χ4v) is 3.23. The van der Waals surface area contributed by atoms with Crippen molar-refractivity contribution in [3.63, 3.8) is 0 Å². The Balaban J connectivity index is 1.50. The molecule has 23 heavy (non-hydrogen) atoms. The average Bonchev–Trinajstić information content (AvgIpc) is 3.07. The minimum Gasteiger partial charge on any atom is -0.419 e. The first kappa shape index (κ1) is 14.5. The van der Waals surface area contributed by atoms with Crippen LogP contribution in [-0.4, -0.2) is 21.1 Å². The molecule has 118 valence electrons. The normalized spacial score (nSPS) is 14.5. The number of thiophene rings is 1. The molecule has 0 saturated heterocycles. The monoisotopic (exact) mass is 329 g/mol. The number of nitrogens with zero attached hydrogens (tertiary/aromatic N) is 3. The minimum atomic E-state index is -0.164. The predicted molar refractivity (Wildman–Crippen MR) is 86.3 cm³/mol. The van der Waals surface area contributed by atoms with Crippen LogP contribution >= 0.6 is 11.3 Å². The summed E-state index contributed by atoms with van der Waals surface area (Å²) in [7, 11) is 0. The van der Waals surface area contributed by atoms with E-state index in [-0.39, 0.29) is 5.82 Å². The summed E-state index contributed by atoms with van der Waals surface area (Å²) in [6.45, 7) is 1.12. The lowest BCUT2D eigenvalue weighted by Gasteiger charge is -2.20. The minimum absolute atomic E-state index is 0.164. The van der Waals surface area contributed by atoms with E-state index in [2.05, 4.69) is 15.1 Å². The molecule has 3 aromatic rings. The first-order valence-corrected chi connectivity index (χ1v) is 8.51. The summed E-state index contributed by atoms with van der Waals surface area (Å²) in [6, 6.07) is 11.3. The van der Waals surface area contributed by atoms with Gasteiger partial charge in [0.25, 0.3) is 5.89 Å². The molecular weight excluding hydrogens is 313 g/mol. The number of hydrogen-bond donors (Lipinski definition) is 0. The number of aromatic nitrogens is 2. The molecule has 0 unspecified atom stereocenters. The highest BCUT2D eigenvalue weighted by Gasteiger charge is 2.30. The Labute approximate surface area is 137 Å². The van der Waals surface area contributed by atoms with Gasteiger partial charge in [-0.3, -0.25) is 4.90 Å². The lowest BCUT2D eigenvalue weighted by molar-refractivity contribution is 0.218. The van der Waals surface area contributed by atoms with Crippen molar-refractivity contribution in [3.05, 3.63) is 59.0 Å². The van der Waals surface area contributed by atoms with Gasteiger partial charge in [-0.2, -0.15) is 0 Å². The maximum Gasteiger partial charge on any atom is 0.257 e. The molecule has 6 heteroatoms. The van der Waals surface area contributed by atoms with Gasteiger partial charge in [-0.15, -0.1) is 21.5 Å². The maximum atomic E-state index is 13.9. The van der Waals surface area contributed by atoms with Crippen LogP contribution in [0.4, 0.5) is 4.39 Å². The molecule has 2 aromatic heterocycles. The van der Waals surface area contributed by atoms with E-state index in [0.717, 1.165) is 17.7 Å². The number of rotatable bonds is 6. The molecular formula is C17H16FN3OS. The molecule has 4 rings (SSSR count). The Morgan fingerprint density at radius 3 is 2.74 bits per heavy atom. The Morgan fingerprint density at radius 1 is 1.13 bits per heavy atom. The number of hydrogen-bond acceptors (Lipinski definition) is 5. The number of halogens is 1. The molecule has 0 radical (unpaired) electrons. The third kappa shape index (κ3) is 3.33. The molecule has 1 aliphatic carbocycles. The highest BCUT2D eigenvalue weighted by molar-refractivity contribution is 7.13. The summed E-state index contributed by atoms with van der Waals surface area (Å²) in [5.41, 5.74) is 0.706. The fraction of sp³-hybridized carbons (Fsp3) is 0.294. The van der Waals surface area contributed by atoms with Crippen molar-refractivity contribution in [1.82, 2.24) is 15.1 Å². The molecule has 1 saturated carbocycles. The highest BCUT2D eigenvalue weighted by atomic mass is 32.1. The van der Waals surface area contributed by atoms with Crippen molar-refractivity contribution in [3.8, 4) is 10.8 Å². The van der Waals surface area contributed by atoms with Gasteiger partial charge in [-0.05, 0) is 30.4 Å². The van der Waals surface area contributed by atoms with Crippen molar-refractivity contribution >= 4 is 11.3 Å². The molecule has 2 heterocycles. The van der Waals surface area contributed by atoms with Gasteiger partial charge in [0.05, 0.1) is 11.4 Å². The molecule has 0 atom stereocenters. The van der Waals surface area contributed by atoms with Crippen LogP contribution in [0.3, 0.4) is 0 Å². The second-order valence-electron chi connectivity index (χ2n) is 5.71. The zero-order valence-electron chi connectivity index (χ0n) is 12.5. The Bertz CT molecular complexity index is 783. The summed E-state index contributed by atoms with van der Waals surface area (Å²) >= 11 is 1.57. The maximum absolute atomic E-state index is 13.9. The van der Waals surface area contributed by atoms with E-state index in [1.54, 1.807) is 17.4 Å². The lowest BCUT2D eigenvalue weighted by atomic mass is 10.2. The number of benzene rings is 1. The van der Waals surface area contributed by atoms with E-state index < -0.39 is 0 Å². The first-order chi connectivity index (χ1) is 11.3. The second kappa shape index (κ2) is 6.22. The molecule has 0 aliphatic heterocycles. The molecule has 4 nitrogen and oxygen atoms in total. The quantitative estimate of drug-likeness (QED) is 0.683. The van der Waals surface area contributed by atoms with E-state index in [1.807, 2.05) is 29.6 Å². The molecule has 1 fully saturated rings. The lowest BCUT2D eigenvalue weighted by Crippen LogP contribution is -2.25. The Hall–Kier alpha value is -2.05. The average molecular weight is 329 g/mol. The standard InChI is InChI=1S/C17H16FN3OS/c18-14-5-2-1-4-12(14)10-21(13-7-8-13)11-16-19-20-17(22-16)15-6-3-9-23-15/h1-6,9,13H,7-8,10-11H2. The van der Waals surface area contributed by atoms with Crippen LogP contribution < -0.4 is 0 Å². The van der Waals surface area contributed by atoms with Crippen LogP contribution in [0.2, 0.25) is 0 Å². The summed E-state index contributed by atoms with van der Waals surface area (Å²) < 4.78 is 19.6. The molecule has 0 N–H and O–H groups in total. The van der Waals surface area contributed by atoms with Crippen LogP contribution in [0.1, 0.15) is 24.3 Å². The van der Waals surface area contributed by atoms with Crippen molar-refractivity contribution < 1.29 is 8.81 Å². The van der Waals surface area contributed by atoms with Gasteiger partial charge in [-0.1, -0.05) is 24.3 Å². The van der Waals surface area contributed by atoms with Gasteiger partial charge in [0, 0.05) is 18.2 Å². The molecule has 0 bridgehead atoms. The van der Waals surface area contributed by atoms with E-state index in [9.17, 15) is 4.39 Å². The van der Waals surface area contributed by atoms with Crippen LogP contribution in [0.5, 0.6) is 0 Å². The topological polar surface area (TPSA) is 42.2 Å². The summed E-state index contributed by atoms with van der Waals surface area (Å²) in [4.78, 5) is 3.18. The van der Waals surface area contributed by atoms with Crippen molar-refractivity contribution in [2.24, 2.45) is 0 Å². The van der Waals surface area contributed by atoms with Gasteiger partial charge in [0.1, 0.15) is 5.82 Å². The van der Waals surface area contributed by atoms with Crippen molar-refractivity contribution in [2.75, 3.05) is 0 Å². The van der Waals surface area contributed by atoms with E-state index in [1.165, 1.54) is 6.07 Å². The van der Waals surface area contributed by atoms with Crippen molar-refractivity contribution in [1.29, 1.82) is 0 Å². The van der Waals surface area contributed by atoms with Crippen LogP contribution in [0.15, 0.2) is 46.2 Å². The zero-order chi connectivity index (χ0) is 15.6. The predicted octanol–water partition coefficient (Wildman–Crippen LogP) is 4.10. The Morgan fingerprint density at radius 2 is 2.00 bits per heavy atom. The van der Waals surface area contributed by atoms with Crippen LogP contribution in [0, 0.1) is 5.82 Å². The van der Waals surface area contributed by atoms with E-state index >= 15 is 0 Å². The molecule has 0 amide bonds. The second-order valence-corrected chi connectivity index (χ2v) is 6.65. The third-order valence-electron chi connectivity index (χ3n) is 3.93. The Kier molecular flexibility index (Phi) is 3.93. The molecule has 1 aliphatic rings. The zero-order valence-corrected chi connectivity index (χ0v) is 13.3. The third-order valence-corrected chi connectivity index (χ3v) is 4.79. The van der Waals surface area contributed by atoms with Crippen LogP contribution in [0.25, 0.3) is 10.8 Å². The van der Waals surface area contributed by atoms with Crippen molar-refractivity contribution in [2.45, 2.75) is 32.0 Å². The summed E-state index contributed by atoms with van der Waals surface area (Å²) in [5, 5.41) is 10.2. The highest BCUT2D eigenvalue weighted by Crippen LogP contribution is 2.31. The molecule has 0 spiro atoms. The van der Waals surface area contributed by atoms with E-state index in [0.29, 0.717) is 36.5 Å². The smallest absolute Gasteiger partial charge is 0.257 e. The van der Waals surface area contributed by atoms with E-state index in [4.69, 9.17) is 4.42 Å². The summed E-state index contributed by atoms with van der Waals surface area (Å²) in [6.07, 6.45) is 2.28. The SMILES string of the molecule is Fc1ccccc1CN(Cc1nnc(-c2cccs2)o1)C1CC1. The first-order valence-electron chi connectivity index (χ1n) is 7.63. The fourth-order valence-electron chi connectivity index (χ4n) is 2.59. The van der Waals surface area contributed by atoms with Gasteiger partial charge in [-0.25, -0.2) is 4.39 Å². The van der Waals surface area contributed by atoms with Crippen LogP contribution in [-0.2, 0) is 13.1 Å². The van der Waals surface area contributed by atoms with Gasteiger partial charge < -0.3 is 4.42 Å². The molecule has 1 aromatic carbocycles.